The molecular weight excluding hydrogens is 250 g/mol. The van der Waals surface area contributed by atoms with E-state index in [4.69, 9.17) is 4.74 Å². The van der Waals surface area contributed by atoms with E-state index in [1.54, 1.807) is 0 Å². The highest BCUT2D eigenvalue weighted by Gasteiger charge is 2.15. The second kappa shape index (κ2) is 5.21. The predicted molar refractivity (Wildman–Crippen MR) is 79.6 cm³/mol. The van der Waals surface area contributed by atoms with Crippen molar-refractivity contribution in [1.29, 1.82) is 0 Å². The molecule has 0 radical (unpaired) electrons. The van der Waals surface area contributed by atoms with Crippen molar-refractivity contribution in [2.45, 2.75) is 13.0 Å². The Morgan fingerprint density at radius 2 is 1.85 bits per heavy atom. The summed E-state index contributed by atoms with van der Waals surface area (Å²) in [5, 5.41) is 2.75. The van der Waals surface area contributed by atoms with Crippen LogP contribution in [-0.4, -0.2) is 5.91 Å². The fraction of sp³-hybridized carbons (Fsp3) is 0.118. The lowest BCUT2D eigenvalue weighted by Crippen LogP contribution is -2.09. The molecule has 3 rings (SSSR count). The van der Waals surface area contributed by atoms with Crippen LogP contribution in [0.4, 0.5) is 5.69 Å². The Morgan fingerprint density at radius 1 is 1.10 bits per heavy atom. The molecule has 0 saturated carbocycles. The molecule has 3 heteroatoms. The van der Waals surface area contributed by atoms with Crippen molar-refractivity contribution in [3.8, 4) is 5.75 Å². The molecule has 0 spiro atoms. The lowest BCUT2D eigenvalue weighted by molar-refractivity contribution is -0.114. The molecule has 100 valence electrons. The second-order valence-electron chi connectivity index (χ2n) is 4.74. The molecule has 1 atom stereocenters. The molecule has 20 heavy (non-hydrogen) atoms. The Labute approximate surface area is 117 Å². The van der Waals surface area contributed by atoms with Crippen LogP contribution in [0.15, 0.2) is 54.6 Å². The summed E-state index contributed by atoms with van der Waals surface area (Å²) in [7, 11) is 0. The van der Waals surface area contributed by atoms with Crippen LogP contribution < -0.4 is 10.1 Å². The van der Waals surface area contributed by atoms with E-state index in [-0.39, 0.29) is 12.0 Å². The summed E-state index contributed by atoms with van der Waals surface area (Å²) in [6, 6.07) is 15.7. The van der Waals surface area contributed by atoms with Gasteiger partial charge in [0.25, 0.3) is 0 Å². The van der Waals surface area contributed by atoms with Crippen LogP contribution in [0.25, 0.3) is 6.08 Å². The molecule has 1 N–H and O–H groups in total. The number of para-hydroxylation sites is 1. The van der Waals surface area contributed by atoms with Crippen LogP contribution in [0.5, 0.6) is 5.75 Å². The van der Waals surface area contributed by atoms with Crippen LogP contribution in [-0.2, 0) is 4.79 Å². The summed E-state index contributed by atoms with van der Waals surface area (Å²) >= 11 is 0. The van der Waals surface area contributed by atoms with E-state index in [1.165, 1.54) is 6.92 Å². The highest BCUT2D eigenvalue weighted by Crippen LogP contribution is 2.32. The van der Waals surface area contributed by atoms with E-state index in [1.807, 2.05) is 54.6 Å². The summed E-state index contributed by atoms with van der Waals surface area (Å²) in [6.45, 7) is 1.50. The summed E-state index contributed by atoms with van der Waals surface area (Å²) in [6.07, 6.45) is 4.03. The Bertz CT molecular complexity index is 659. The Morgan fingerprint density at radius 3 is 2.60 bits per heavy atom. The minimum atomic E-state index is -0.0868. The summed E-state index contributed by atoms with van der Waals surface area (Å²) in [5.74, 6) is 0.825. The molecule has 0 bridgehead atoms. The molecule has 0 saturated heterocycles. The van der Waals surface area contributed by atoms with Gasteiger partial charge in [-0.3, -0.25) is 4.79 Å². The molecule has 0 fully saturated rings. The normalized spacial score (nSPS) is 16.1. The van der Waals surface area contributed by atoms with Crippen LogP contribution in [0, 0.1) is 0 Å². The molecule has 0 aliphatic carbocycles. The zero-order chi connectivity index (χ0) is 13.9. The monoisotopic (exact) mass is 265 g/mol. The fourth-order valence-corrected chi connectivity index (χ4v) is 2.23. The fourth-order valence-electron chi connectivity index (χ4n) is 2.23. The van der Waals surface area contributed by atoms with Crippen molar-refractivity contribution < 1.29 is 9.53 Å². The van der Waals surface area contributed by atoms with Crippen molar-refractivity contribution in [1.82, 2.24) is 0 Å². The number of carbonyl (C=O) groups is 1. The molecule has 1 heterocycles. The SMILES string of the molecule is CC(=O)Nc1ccc(C2C=Cc3ccccc3O2)cc1. The van der Waals surface area contributed by atoms with Crippen molar-refractivity contribution in [2.24, 2.45) is 0 Å². The maximum absolute atomic E-state index is 11.0. The maximum Gasteiger partial charge on any atom is 0.221 e. The molecule has 1 aliphatic rings. The molecule has 1 amide bonds. The van der Waals surface area contributed by atoms with Crippen LogP contribution in [0.3, 0.4) is 0 Å². The minimum Gasteiger partial charge on any atom is -0.481 e. The maximum atomic E-state index is 11.0. The van der Waals surface area contributed by atoms with Gasteiger partial charge in [-0.15, -0.1) is 0 Å². The number of carbonyl (C=O) groups excluding carboxylic acids is 1. The van der Waals surface area contributed by atoms with E-state index < -0.39 is 0 Å². The third-order valence-electron chi connectivity index (χ3n) is 3.18. The number of anilines is 1. The highest BCUT2D eigenvalue weighted by atomic mass is 16.5. The number of nitrogens with one attached hydrogen (secondary N) is 1. The second-order valence-corrected chi connectivity index (χ2v) is 4.74. The van der Waals surface area contributed by atoms with Gasteiger partial charge in [-0.25, -0.2) is 0 Å². The number of ether oxygens (including phenoxy) is 1. The van der Waals surface area contributed by atoms with Crippen molar-refractivity contribution in [2.75, 3.05) is 5.32 Å². The first-order valence-electron chi connectivity index (χ1n) is 6.54. The molecular formula is C17H15NO2. The zero-order valence-corrected chi connectivity index (χ0v) is 11.2. The van der Waals surface area contributed by atoms with Crippen LogP contribution in [0.2, 0.25) is 0 Å². The number of rotatable bonds is 2. The van der Waals surface area contributed by atoms with E-state index in [0.29, 0.717) is 0 Å². The Balaban J connectivity index is 1.80. The third kappa shape index (κ3) is 2.57. The van der Waals surface area contributed by atoms with Gasteiger partial charge in [-0.1, -0.05) is 36.4 Å². The van der Waals surface area contributed by atoms with E-state index in [2.05, 4.69) is 11.4 Å². The van der Waals surface area contributed by atoms with E-state index in [0.717, 1.165) is 22.6 Å². The summed E-state index contributed by atoms with van der Waals surface area (Å²) in [5.41, 5.74) is 2.95. The molecule has 2 aromatic carbocycles. The molecule has 0 aromatic heterocycles. The van der Waals surface area contributed by atoms with Gasteiger partial charge in [-0.2, -0.15) is 0 Å². The topological polar surface area (TPSA) is 38.3 Å². The first-order chi connectivity index (χ1) is 9.72. The first kappa shape index (κ1) is 12.5. The molecule has 1 aliphatic heterocycles. The molecule has 2 aromatic rings. The smallest absolute Gasteiger partial charge is 0.221 e. The van der Waals surface area contributed by atoms with Gasteiger partial charge in [0.2, 0.25) is 5.91 Å². The van der Waals surface area contributed by atoms with Gasteiger partial charge >= 0.3 is 0 Å². The lowest BCUT2D eigenvalue weighted by atomic mass is 10.0. The quantitative estimate of drug-likeness (QED) is 0.897. The van der Waals surface area contributed by atoms with Crippen molar-refractivity contribution >= 4 is 17.7 Å². The highest BCUT2D eigenvalue weighted by molar-refractivity contribution is 5.88. The van der Waals surface area contributed by atoms with Gasteiger partial charge in [0.15, 0.2) is 0 Å². The first-order valence-corrected chi connectivity index (χ1v) is 6.54. The number of hydrogen-bond acceptors (Lipinski definition) is 2. The van der Waals surface area contributed by atoms with Gasteiger partial charge in [0, 0.05) is 18.2 Å². The Hall–Kier alpha value is -2.55. The van der Waals surface area contributed by atoms with Gasteiger partial charge in [0.05, 0.1) is 0 Å². The number of amides is 1. The standard InChI is InChI=1S/C17H15NO2/c1-12(19)18-15-9-6-14(7-10-15)17-11-8-13-4-2-3-5-16(13)20-17/h2-11,17H,1H3,(H,18,19). The van der Waals surface area contributed by atoms with Crippen molar-refractivity contribution in [3.63, 3.8) is 0 Å². The average Bonchev–Trinajstić information content (AvgIpc) is 2.47. The molecule has 3 nitrogen and oxygen atoms in total. The largest absolute Gasteiger partial charge is 0.481 e. The van der Waals surface area contributed by atoms with Gasteiger partial charge in [-0.05, 0) is 29.8 Å². The average molecular weight is 265 g/mol. The van der Waals surface area contributed by atoms with Crippen LogP contribution >= 0.6 is 0 Å². The Kier molecular flexibility index (Phi) is 3.25. The minimum absolute atomic E-state index is 0.0690. The van der Waals surface area contributed by atoms with E-state index in [9.17, 15) is 4.79 Å². The van der Waals surface area contributed by atoms with Gasteiger partial charge in [0.1, 0.15) is 11.9 Å². The summed E-state index contributed by atoms with van der Waals surface area (Å²) in [4.78, 5) is 11.0. The molecule has 1 unspecified atom stereocenters. The zero-order valence-electron chi connectivity index (χ0n) is 11.2. The van der Waals surface area contributed by atoms with Crippen LogP contribution in [0.1, 0.15) is 24.2 Å². The van der Waals surface area contributed by atoms with E-state index >= 15 is 0 Å². The number of fused-ring (bicyclic) bond motifs is 1. The number of hydrogen-bond donors (Lipinski definition) is 1. The number of benzene rings is 2. The third-order valence-corrected chi connectivity index (χ3v) is 3.18. The predicted octanol–water partition coefficient (Wildman–Crippen LogP) is 3.79. The lowest BCUT2D eigenvalue weighted by Gasteiger charge is -2.21. The van der Waals surface area contributed by atoms with Crippen molar-refractivity contribution in [3.05, 3.63) is 65.7 Å². The summed E-state index contributed by atoms with van der Waals surface area (Å²) < 4.78 is 5.96. The van der Waals surface area contributed by atoms with Gasteiger partial charge < -0.3 is 10.1 Å².